The minimum atomic E-state index is -0.165. The van der Waals surface area contributed by atoms with E-state index in [-0.39, 0.29) is 5.91 Å². The highest BCUT2D eigenvalue weighted by Crippen LogP contribution is 1.99. The number of aromatic nitrogens is 2. The van der Waals surface area contributed by atoms with Crippen molar-refractivity contribution < 1.29 is 4.79 Å². The quantitative estimate of drug-likeness (QED) is 0.645. The van der Waals surface area contributed by atoms with E-state index < -0.39 is 0 Å². The molecule has 0 atom stereocenters. The molecular formula is C11H21N5O. The van der Waals surface area contributed by atoms with Gasteiger partial charge >= 0.3 is 0 Å². The van der Waals surface area contributed by atoms with Crippen LogP contribution >= 0.6 is 0 Å². The number of H-pyrrole nitrogens is 1. The van der Waals surface area contributed by atoms with Crippen LogP contribution in [-0.2, 0) is 0 Å². The Morgan fingerprint density at radius 2 is 2.29 bits per heavy atom. The number of carbonyl (C=O) groups excluding carboxylic acids is 1. The molecule has 0 aliphatic rings. The predicted molar refractivity (Wildman–Crippen MR) is 67.7 cm³/mol. The summed E-state index contributed by atoms with van der Waals surface area (Å²) in [5, 5.41) is 9.12. The molecule has 1 amide bonds. The minimum absolute atomic E-state index is 0.165. The molecule has 96 valence electrons. The van der Waals surface area contributed by atoms with Crippen LogP contribution in [0.4, 0.5) is 5.82 Å². The third kappa shape index (κ3) is 4.44. The molecule has 0 radical (unpaired) electrons. The first-order valence-corrected chi connectivity index (χ1v) is 5.98. The molecule has 6 nitrogen and oxygen atoms in total. The van der Waals surface area contributed by atoms with E-state index in [1.165, 1.54) is 6.07 Å². The van der Waals surface area contributed by atoms with Crippen LogP contribution in [0.25, 0.3) is 0 Å². The van der Waals surface area contributed by atoms with Gasteiger partial charge in [-0.15, -0.1) is 0 Å². The molecule has 1 heterocycles. The molecule has 4 N–H and O–H groups in total. The summed E-state index contributed by atoms with van der Waals surface area (Å²) in [6.45, 7) is 7.82. The lowest BCUT2D eigenvalue weighted by Crippen LogP contribution is -2.35. The lowest BCUT2D eigenvalue weighted by Gasteiger charge is -2.19. The number of nitrogen functional groups attached to an aromatic ring is 1. The van der Waals surface area contributed by atoms with E-state index in [0.717, 1.165) is 26.1 Å². The number of carbonyl (C=O) groups is 1. The first-order chi connectivity index (χ1) is 8.17. The van der Waals surface area contributed by atoms with Crippen LogP contribution in [-0.4, -0.2) is 47.2 Å². The number of hydrogen-bond donors (Lipinski definition) is 3. The molecule has 0 fully saturated rings. The van der Waals surface area contributed by atoms with Gasteiger partial charge in [0.25, 0.3) is 5.91 Å². The zero-order valence-electron chi connectivity index (χ0n) is 10.5. The molecule has 0 bridgehead atoms. The van der Waals surface area contributed by atoms with Crippen molar-refractivity contribution in [1.82, 2.24) is 20.4 Å². The van der Waals surface area contributed by atoms with Crippen LogP contribution in [0.5, 0.6) is 0 Å². The van der Waals surface area contributed by atoms with Crippen LogP contribution in [0.2, 0.25) is 0 Å². The van der Waals surface area contributed by atoms with Gasteiger partial charge in [-0.2, -0.15) is 5.10 Å². The standard InChI is InChI=1S/C11H21N5O/c1-3-6-16(4-2)7-5-13-11(17)9-8-10(12)15-14-9/h8H,3-7H2,1-2H3,(H,13,17)(H3,12,14,15). The smallest absolute Gasteiger partial charge is 0.269 e. The summed E-state index contributed by atoms with van der Waals surface area (Å²) in [5.74, 6) is 0.165. The van der Waals surface area contributed by atoms with Gasteiger partial charge in [-0.1, -0.05) is 13.8 Å². The lowest BCUT2D eigenvalue weighted by atomic mass is 10.3. The van der Waals surface area contributed by atoms with Gasteiger partial charge in [0.15, 0.2) is 0 Å². The normalized spacial score (nSPS) is 10.8. The fourth-order valence-corrected chi connectivity index (χ4v) is 1.62. The van der Waals surface area contributed by atoms with Crippen molar-refractivity contribution >= 4 is 11.7 Å². The topological polar surface area (TPSA) is 87.0 Å². The zero-order valence-corrected chi connectivity index (χ0v) is 10.5. The Morgan fingerprint density at radius 1 is 1.53 bits per heavy atom. The van der Waals surface area contributed by atoms with Gasteiger partial charge in [0, 0.05) is 19.2 Å². The first-order valence-electron chi connectivity index (χ1n) is 5.98. The van der Waals surface area contributed by atoms with Gasteiger partial charge in [0.05, 0.1) is 0 Å². The number of nitrogens with two attached hydrogens (primary N) is 1. The molecule has 0 saturated carbocycles. The SMILES string of the molecule is CCCN(CC)CCNC(=O)c1cc(N)n[nH]1. The van der Waals surface area contributed by atoms with Crippen molar-refractivity contribution in [2.45, 2.75) is 20.3 Å². The largest absolute Gasteiger partial charge is 0.382 e. The number of rotatable bonds is 7. The first kappa shape index (κ1) is 13.5. The van der Waals surface area contributed by atoms with E-state index in [2.05, 4.69) is 34.3 Å². The number of nitrogens with one attached hydrogen (secondary N) is 2. The highest BCUT2D eigenvalue weighted by atomic mass is 16.1. The van der Waals surface area contributed by atoms with E-state index in [4.69, 9.17) is 5.73 Å². The summed E-state index contributed by atoms with van der Waals surface area (Å²) in [7, 11) is 0. The third-order valence-corrected chi connectivity index (χ3v) is 2.54. The maximum absolute atomic E-state index is 11.6. The van der Waals surface area contributed by atoms with Crippen molar-refractivity contribution in [2.24, 2.45) is 0 Å². The van der Waals surface area contributed by atoms with Crippen molar-refractivity contribution in [2.75, 3.05) is 31.9 Å². The van der Waals surface area contributed by atoms with Crippen LogP contribution in [0, 0.1) is 0 Å². The number of aromatic amines is 1. The van der Waals surface area contributed by atoms with E-state index in [0.29, 0.717) is 18.1 Å². The summed E-state index contributed by atoms with van der Waals surface area (Å²) < 4.78 is 0. The molecule has 0 aromatic carbocycles. The molecule has 6 heteroatoms. The fourth-order valence-electron chi connectivity index (χ4n) is 1.62. The lowest BCUT2D eigenvalue weighted by molar-refractivity contribution is 0.0943. The fraction of sp³-hybridized carbons (Fsp3) is 0.636. The van der Waals surface area contributed by atoms with Crippen LogP contribution in [0.3, 0.4) is 0 Å². The highest BCUT2D eigenvalue weighted by Gasteiger charge is 2.08. The Balaban J connectivity index is 2.28. The van der Waals surface area contributed by atoms with Crippen LogP contribution < -0.4 is 11.1 Å². The number of nitrogens with zero attached hydrogens (tertiary/aromatic N) is 2. The molecule has 0 spiro atoms. The number of hydrogen-bond acceptors (Lipinski definition) is 4. The Kier molecular flexibility index (Phi) is 5.48. The minimum Gasteiger partial charge on any atom is -0.382 e. The van der Waals surface area contributed by atoms with Gasteiger partial charge in [-0.25, -0.2) is 0 Å². The molecule has 17 heavy (non-hydrogen) atoms. The molecule has 1 aromatic rings. The second kappa shape index (κ2) is 6.90. The van der Waals surface area contributed by atoms with Crippen molar-refractivity contribution in [3.8, 4) is 0 Å². The summed E-state index contributed by atoms with van der Waals surface area (Å²) >= 11 is 0. The Bertz CT molecular complexity index is 349. The zero-order chi connectivity index (χ0) is 12.7. The summed E-state index contributed by atoms with van der Waals surface area (Å²) in [6, 6.07) is 1.53. The van der Waals surface area contributed by atoms with Gasteiger partial charge in [0.1, 0.15) is 11.5 Å². The molecule has 1 aromatic heterocycles. The van der Waals surface area contributed by atoms with E-state index in [9.17, 15) is 4.79 Å². The average Bonchev–Trinajstić information content (AvgIpc) is 2.74. The van der Waals surface area contributed by atoms with Crippen LogP contribution in [0.1, 0.15) is 30.8 Å². The molecule has 1 rings (SSSR count). The van der Waals surface area contributed by atoms with E-state index >= 15 is 0 Å². The van der Waals surface area contributed by atoms with Crippen molar-refractivity contribution in [3.63, 3.8) is 0 Å². The number of anilines is 1. The second-order valence-electron chi connectivity index (χ2n) is 3.90. The maximum Gasteiger partial charge on any atom is 0.269 e. The van der Waals surface area contributed by atoms with Crippen molar-refractivity contribution in [3.05, 3.63) is 11.8 Å². The summed E-state index contributed by atoms with van der Waals surface area (Å²) in [4.78, 5) is 13.9. The number of amides is 1. The monoisotopic (exact) mass is 239 g/mol. The van der Waals surface area contributed by atoms with Gasteiger partial charge in [-0.05, 0) is 19.5 Å². The van der Waals surface area contributed by atoms with E-state index in [1.807, 2.05) is 0 Å². The summed E-state index contributed by atoms with van der Waals surface area (Å²) in [5.41, 5.74) is 5.83. The van der Waals surface area contributed by atoms with Gasteiger partial charge in [0.2, 0.25) is 0 Å². The highest BCUT2D eigenvalue weighted by molar-refractivity contribution is 5.92. The summed E-state index contributed by atoms with van der Waals surface area (Å²) in [6.07, 6.45) is 1.12. The van der Waals surface area contributed by atoms with Gasteiger partial charge in [-0.3, -0.25) is 9.89 Å². The van der Waals surface area contributed by atoms with Crippen LogP contribution in [0.15, 0.2) is 6.07 Å². The third-order valence-electron chi connectivity index (χ3n) is 2.54. The molecule has 0 aliphatic carbocycles. The Morgan fingerprint density at radius 3 is 2.82 bits per heavy atom. The molecule has 0 unspecified atom stereocenters. The van der Waals surface area contributed by atoms with Crippen molar-refractivity contribution in [1.29, 1.82) is 0 Å². The Labute approximate surface area is 102 Å². The van der Waals surface area contributed by atoms with E-state index in [1.54, 1.807) is 0 Å². The number of likely N-dealkylation sites (N-methyl/N-ethyl adjacent to an activating group) is 1. The molecular weight excluding hydrogens is 218 g/mol. The molecule has 0 aliphatic heterocycles. The maximum atomic E-state index is 11.6. The second-order valence-corrected chi connectivity index (χ2v) is 3.90. The average molecular weight is 239 g/mol. The molecule has 0 saturated heterocycles. The Hall–Kier alpha value is -1.56. The van der Waals surface area contributed by atoms with Gasteiger partial charge < -0.3 is 16.0 Å². The predicted octanol–water partition coefficient (Wildman–Crippen LogP) is 0.454.